The van der Waals surface area contributed by atoms with Crippen LogP contribution >= 0.6 is 15.9 Å². The highest BCUT2D eigenvalue weighted by molar-refractivity contribution is 9.10. The summed E-state index contributed by atoms with van der Waals surface area (Å²) in [5.74, 6) is -3.10. The van der Waals surface area contributed by atoms with E-state index in [-0.39, 0.29) is 22.5 Å². The molecule has 1 atom stereocenters. The third-order valence-electron chi connectivity index (χ3n) is 4.22. The second-order valence-corrected chi connectivity index (χ2v) is 7.73. The minimum absolute atomic E-state index is 0.198. The van der Waals surface area contributed by atoms with Crippen LogP contribution in [0, 0.1) is 16.0 Å². The molecule has 0 spiro atoms. The summed E-state index contributed by atoms with van der Waals surface area (Å²) < 4.78 is 0.494. The van der Waals surface area contributed by atoms with Crippen LogP contribution in [-0.4, -0.2) is 33.9 Å². The fourth-order valence-corrected chi connectivity index (χ4v) is 3.09. The Morgan fingerprint density at radius 1 is 1.13 bits per heavy atom. The maximum Gasteiger partial charge on any atom is 0.326 e. The van der Waals surface area contributed by atoms with Gasteiger partial charge >= 0.3 is 5.97 Å². The number of carboxylic acid groups (broad SMARTS) is 1. The highest BCUT2D eigenvalue weighted by Crippen LogP contribution is 2.18. The van der Waals surface area contributed by atoms with Crippen LogP contribution in [0.1, 0.15) is 29.8 Å². The van der Waals surface area contributed by atoms with Gasteiger partial charge in [-0.2, -0.15) is 0 Å². The highest BCUT2D eigenvalue weighted by atomic mass is 79.9. The Labute approximate surface area is 186 Å². The molecule has 0 aliphatic heterocycles. The minimum atomic E-state index is -1.23. The molecular formula is C21H20BrN3O6. The number of hydrogen-bond acceptors (Lipinski definition) is 5. The van der Waals surface area contributed by atoms with E-state index in [2.05, 4.69) is 26.6 Å². The third kappa shape index (κ3) is 6.48. The lowest BCUT2D eigenvalue weighted by Gasteiger charge is -2.19. The van der Waals surface area contributed by atoms with E-state index in [1.54, 1.807) is 32.0 Å². The number of nitro groups is 1. The van der Waals surface area contributed by atoms with E-state index >= 15 is 0 Å². The molecule has 0 bridgehead atoms. The van der Waals surface area contributed by atoms with Crippen LogP contribution in [0.15, 0.2) is 58.7 Å². The second-order valence-electron chi connectivity index (χ2n) is 6.88. The van der Waals surface area contributed by atoms with Gasteiger partial charge in [-0.05, 0) is 45.6 Å². The van der Waals surface area contributed by atoms with Gasteiger partial charge in [0.25, 0.3) is 17.5 Å². The van der Waals surface area contributed by atoms with Crippen LogP contribution < -0.4 is 10.6 Å². The number of nitro benzene ring substituents is 1. The fraction of sp³-hybridized carbons (Fsp3) is 0.190. The van der Waals surface area contributed by atoms with Crippen molar-refractivity contribution < 1.29 is 24.4 Å². The second kappa shape index (κ2) is 10.5. The third-order valence-corrected chi connectivity index (χ3v) is 4.91. The van der Waals surface area contributed by atoms with Crippen LogP contribution in [-0.2, 0) is 9.59 Å². The van der Waals surface area contributed by atoms with E-state index in [0.717, 1.165) is 0 Å². The monoisotopic (exact) mass is 489 g/mol. The maximum absolute atomic E-state index is 12.8. The molecule has 3 N–H and O–H groups in total. The van der Waals surface area contributed by atoms with Gasteiger partial charge < -0.3 is 15.7 Å². The molecule has 0 saturated carbocycles. The van der Waals surface area contributed by atoms with Gasteiger partial charge in [0.1, 0.15) is 11.7 Å². The summed E-state index contributed by atoms with van der Waals surface area (Å²) >= 11 is 3.26. The summed E-state index contributed by atoms with van der Waals surface area (Å²) in [6.45, 7) is 3.26. The highest BCUT2D eigenvalue weighted by Gasteiger charge is 2.26. The standard InChI is InChI=1S/C21H20BrN3O6/c1-12(2)18(21(28)29)24-20(27)17(11-13-6-5-7-14(10-13)25(30)31)23-19(26)15-8-3-4-9-16(15)22/h3-12,18H,1-2H3,(H,23,26)(H,24,27)(H,28,29). The van der Waals surface area contributed by atoms with Crippen LogP contribution in [0.3, 0.4) is 0 Å². The van der Waals surface area contributed by atoms with Gasteiger partial charge in [0.15, 0.2) is 0 Å². The van der Waals surface area contributed by atoms with E-state index in [1.807, 2.05) is 0 Å². The number of nitrogens with one attached hydrogen (secondary N) is 2. The lowest BCUT2D eigenvalue weighted by molar-refractivity contribution is -0.384. The van der Waals surface area contributed by atoms with E-state index in [0.29, 0.717) is 4.47 Å². The number of carbonyl (C=O) groups is 3. The molecule has 0 aromatic heterocycles. The molecular weight excluding hydrogens is 470 g/mol. The first-order valence-corrected chi connectivity index (χ1v) is 9.95. The number of carbonyl (C=O) groups excluding carboxylic acids is 2. The van der Waals surface area contributed by atoms with Crippen LogP contribution in [0.2, 0.25) is 0 Å². The van der Waals surface area contributed by atoms with Crippen LogP contribution in [0.5, 0.6) is 0 Å². The number of rotatable bonds is 8. The lowest BCUT2D eigenvalue weighted by atomic mass is 10.0. The number of amides is 2. The van der Waals surface area contributed by atoms with Crippen molar-refractivity contribution in [2.75, 3.05) is 0 Å². The van der Waals surface area contributed by atoms with E-state index in [1.165, 1.54) is 36.4 Å². The largest absolute Gasteiger partial charge is 0.480 e. The predicted molar refractivity (Wildman–Crippen MR) is 117 cm³/mol. The Morgan fingerprint density at radius 2 is 1.81 bits per heavy atom. The summed E-state index contributed by atoms with van der Waals surface area (Å²) in [5, 5.41) is 25.2. The zero-order valence-corrected chi connectivity index (χ0v) is 18.3. The Kier molecular flexibility index (Phi) is 8.03. The number of halogens is 1. The maximum atomic E-state index is 12.8. The van der Waals surface area contributed by atoms with Gasteiger partial charge in [-0.1, -0.05) is 38.1 Å². The molecule has 2 rings (SSSR count). The molecule has 2 aromatic rings. The molecule has 162 valence electrons. The number of non-ortho nitro benzene ring substituents is 1. The average Bonchev–Trinajstić information content (AvgIpc) is 2.71. The summed E-state index contributed by atoms with van der Waals surface area (Å²) in [6, 6.07) is 10.8. The normalized spacial score (nSPS) is 12.2. The van der Waals surface area contributed by atoms with Gasteiger partial charge in [-0.25, -0.2) is 4.79 Å². The predicted octanol–water partition coefficient (Wildman–Crippen LogP) is 3.35. The van der Waals surface area contributed by atoms with Crippen molar-refractivity contribution in [2.24, 2.45) is 5.92 Å². The first-order chi connectivity index (χ1) is 14.6. The van der Waals surface area contributed by atoms with E-state index < -0.39 is 34.7 Å². The van der Waals surface area contributed by atoms with E-state index in [4.69, 9.17) is 0 Å². The van der Waals surface area contributed by atoms with Crippen LogP contribution in [0.25, 0.3) is 6.08 Å². The Balaban J connectivity index is 2.43. The number of nitrogens with zero attached hydrogens (tertiary/aromatic N) is 1. The van der Waals surface area contributed by atoms with Crippen molar-refractivity contribution in [3.05, 3.63) is 79.9 Å². The topological polar surface area (TPSA) is 139 Å². The van der Waals surface area contributed by atoms with Crippen molar-refractivity contribution in [2.45, 2.75) is 19.9 Å². The zero-order valence-electron chi connectivity index (χ0n) is 16.7. The first-order valence-electron chi connectivity index (χ1n) is 9.16. The first kappa shape index (κ1) is 23.7. The smallest absolute Gasteiger partial charge is 0.326 e. The summed E-state index contributed by atoms with van der Waals surface area (Å²) in [4.78, 5) is 47.5. The molecule has 2 amide bonds. The summed E-state index contributed by atoms with van der Waals surface area (Å²) in [7, 11) is 0. The van der Waals surface area contributed by atoms with Crippen molar-refractivity contribution >= 4 is 45.5 Å². The Morgan fingerprint density at radius 3 is 2.39 bits per heavy atom. The Hall–Kier alpha value is -3.53. The summed E-state index contributed by atoms with van der Waals surface area (Å²) in [6.07, 6.45) is 1.25. The van der Waals surface area contributed by atoms with Crippen LogP contribution in [0.4, 0.5) is 5.69 Å². The van der Waals surface area contributed by atoms with E-state index in [9.17, 15) is 29.6 Å². The summed E-state index contributed by atoms with van der Waals surface area (Å²) in [5.41, 5.74) is 0.0754. The van der Waals surface area contributed by atoms with Crippen molar-refractivity contribution in [3.8, 4) is 0 Å². The van der Waals surface area contributed by atoms with Gasteiger partial charge in [0.05, 0.1) is 10.5 Å². The molecule has 0 saturated heterocycles. The molecule has 9 nitrogen and oxygen atoms in total. The van der Waals surface area contributed by atoms with Crippen molar-refractivity contribution in [1.29, 1.82) is 0 Å². The number of benzene rings is 2. The fourth-order valence-electron chi connectivity index (χ4n) is 2.62. The quantitative estimate of drug-likeness (QED) is 0.295. The van der Waals surface area contributed by atoms with Gasteiger partial charge in [-0.15, -0.1) is 0 Å². The zero-order chi connectivity index (χ0) is 23.1. The van der Waals surface area contributed by atoms with Gasteiger partial charge in [-0.3, -0.25) is 19.7 Å². The molecule has 10 heteroatoms. The molecule has 1 unspecified atom stereocenters. The van der Waals surface area contributed by atoms with Crippen molar-refractivity contribution in [3.63, 3.8) is 0 Å². The SMILES string of the molecule is CC(C)C(NC(=O)C(=Cc1cccc([N+](=O)[O-])c1)NC(=O)c1ccccc1Br)C(=O)O. The average molecular weight is 490 g/mol. The van der Waals surface area contributed by atoms with Crippen molar-refractivity contribution in [1.82, 2.24) is 10.6 Å². The van der Waals surface area contributed by atoms with Gasteiger partial charge in [0.2, 0.25) is 0 Å². The Bertz CT molecular complexity index is 1050. The molecule has 2 aromatic carbocycles. The number of aliphatic carboxylic acids is 1. The number of carboxylic acids is 1. The minimum Gasteiger partial charge on any atom is -0.480 e. The lowest BCUT2D eigenvalue weighted by Crippen LogP contribution is -2.47. The molecule has 0 heterocycles. The molecule has 0 aliphatic rings. The molecule has 31 heavy (non-hydrogen) atoms. The molecule has 0 aliphatic carbocycles. The molecule has 0 radical (unpaired) electrons. The molecule has 0 fully saturated rings. The van der Waals surface area contributed by atoms with Gasteiger partial charge in [0, 0.05) is 16.6 Å². The number of hydrogen-bond donors (Lipinski definition) is 3.